The molecule has 12 heavy (non-hydrogen) atoms. The Bertz CT molecular complexity index is 180. The predicted molar refractivity (Wildman–Crippen MR) is 54.5 cm³/mol. The Kier molecular flexibility index (Phi) is 7.24. The van der Waals surface area contributed by atoms with Crippen LogP contribution in [0.4, 0.5) is 0 Å². The maximum Gasteiger partial charge on any atom is 0.134 e. The standard InChI is InChI=1S/C9H17N3/c1-3-4-5-6-9(2)7-11-8-12-10/h6-8H,3-5,10H2,1-2H3/b9-6+,11-7+,12-8-. The van der Waals surface area contributed by atoms with Gasteiger partial charge in [-0.1, -0.05) is 25.8 Å². The molecule has 3 heteroatoms. The first kappa shape index (κ1) is 10.9. The van der Waals surface area contributed by atoms with Crippen LogP contribution in [0.3, 0.4) is 0 Å². The van der Waals surface area contributed by atoms with Crippen molar-refractivity contribution in [3.63, 3.8) is 0 Å². The van der Waals surface area contributed by atoms with E-state index in [0.717, 1.165) is 12.0 Å². The fraction of sp³-hybridized carbons (Fsp3) is 0.556. The second-order valence-electron chi connectivity index (χ2n) is 2.63. The molecule has 0 amide bonds. The molecular formula is C9H17N3. The van der Waals surface area contributed by atoms with Crippen LogP contribution in [0.15, 0.2) is 21.7 Å². The fourth-order valence-electron chi connectivity index (χ4n) is 0.776. The molecule has 0 fully saturated rings. The van der Waals surface area contributed by atoms with Crippen molar-refractivity contribution in [2.45, 2.75) is 33.1 Å². The van der Waals surface area contributed by atoms with Crippen molar-refractivity contribution < 1.29 is 0 Å². The van der Waals surface area contributed by atoms with Gasteiger partial charge in [0.1, 0.15) is 6.34 Å². The van der Waals surface area contributed by atoms with E-state index in [9.17, 15) is 0 Å². The Balaban J connectivity index is 3.69. The van der Waals surface area contributed by atoms with Crippen molar-refractivity contribution in [2.75, 3.05) is 0 Å². The van der Waals surface area contributed by atoms with E-state index in [2.05, 4.69) is 23.1 Å². The maximum absolute atomic E-state index is 4.87. The summed E-state index contributed by atoms with van der Waals surface area (Å²) in [5, 5.41) is 3.25. The molecule has 0 saturated heterocycles. The van der Waals surface area contributed by atoms with Crippen LogP contribution in [0.1, 0.15) is 33.1 Å². The first-order valence-corrected chi connectivity index (χ1v) is 4.23. The van der Waals surface area contributed by atoms with Crippen LogP contribution in [0.2, 0.25) is 0 Å². The highest BCUT2D eigenvalue weighted by Gasteiger charge is 1.82. The molecule has 3 nitrogen and oxygen atoms in total. The van der Waals surface area contributed by atoms with E-state index < -0.39 is 0 Å². The molecule has 0 bridgehead atoms. The molecule has 0 rings (SSSR count). The Morgan fingerprint density at radius 1 is 1.50 bits per heavy atom. The van der Waals surface area contributed by atoms with Gasteiger partial charge in [-0.05, 0) is 18.9 Å². The lowest BCUT2D eigenvalue weighted by atomic mass is 10.2. The van der Waals surface area contributed by atoms with Gasteiger partial charge >= 0.3 is 0 Å². The smallest absolute Gasteiger partial charge is 0.134 e. The third-order valence-corrected chi connectivity index (χ3v) is 1.44. The Morgan fingerprint density at radius 3 is 2.83 bits per heavy atom. The Hall–Kier alpha value is -1.12. The van der Waals surface area contributed by atoms with Crippen molar-refractivity contribution in [3.8, 4) is 0 Å². The quantitative estimate of drug-likeness (QED) is 0.220. The zero-order valence-corrected chi connectivity index (χ0v) is 7.83. The van der Waals surface area contributed by atoms with Gasteiger partial charge in [0.15, 0.2) is 0 Å². The Morgan fingerprint density at radius 2 is 2.25 bits per heavy atom. The lowest BCUT2D eigenvalue weighted by Gasteiger charge is -1.90. The van der Waals surface area contributed by atoms with Crippen LogP contribution in [0.25, 0.3) is 0 Å². The number of aliphatic imine (C=N–C) groups is 1. The summed E-state index contributed by atoms with van der Waals surface area (Å²) in [6.45, 7) is 4.20. The third-order valence-electron chi connectivity index (χ3n) is 1.44. The molecule has 0 aliphatic carbocycles. The van der Waals surface area contributed by atoms with Crippen LogP contribution < -0.4 is 5.84 Å². The van der Waals surface area contributed by atoms with Gasteiger partial charge in [-0.25, -0.2) is 4.99 Å². The molecule has 68 valence electrons. The molecule has 0 aromatic carbocycles. The normalized spacial score (nSPS) is 13.3. The van der Waals surface area contributed by atoms with Gasteiger partial charge in [0.05, 0.1) is 0 Å². The van der Waals surface area contributed by atoms with Gasteiger partial charge in [-0.15, -0.1) is 0 Å². The number of allylic oxidation sites excluding steroid dienone is 2. The summed E-state index contributed by atoms with van der Waals surface area (Å²) in [4.78, 5) is 3.86. The molecule has 0 aromatic heterocycles. The average molecular weight is 167 g/mol. The molecule has 2 N–H and O–H groups in total. The van der Waals surface area contributed by atoms with E-state index in [0.29, 0.717) is 0 Å². The zero-order chi connectivity index (χ0) is 9.23. The van der Waals surface area contributed by atoms with Crippen molar-refractivity contribution in [2.24, 2.45) is 15.9 Å². The first-order chi connectivity index (χ1) is 5.81. The number of rotatable bonds is 5. The van der Waals surface area contributed by atoms with Gasteiger partial charge in [0, 0.05) is 6.21 Å². The monoisotopic (exact) mass is 167 g/mol. The van der Waals surface area contributed by atoms with Gasteiger partial charge in [0.2, 0.25) is 0 Å². The largest absolute Gasteiger partial charge is 0.322 e. The van der Waals surface area contributed by atoms with Gasteiger partial charge in [-0.2, -0.15) is 5.10 Å². The minimum Gasteiger partial charge on any atom is -0.322 e. The average Bonchev–Trinajstić information content (AvgIpc) is 2.06. The number of nitrogens with zero attached hydrogens (tertiary/aromatic N) is 2. The molecule has 0 aliphatic rings. The van der Waals surface area contributed by atoms with Crippen LogP contribution in [-0.4, -0.2) is 12.6 Å². The molecule has 0 radical (unpaired) electrons. The minimum atomic E-state index is 1.12. The second-order valence-corrected chi connectivity index (χ2v) is 2.63. The minimum absolute atomic E-state index is 1.12. The number of unbranched alkanes of at least 4 members (excludes halogenated alkanes) is 2. The molecule has 0 heterocycles. The summed E-state index contributed by atoms with van der Waals surface area (Å²) in [6, 6.07) is 0. The second kappa shape index (κ2) is 7.98. The van der Waals surface area contributed by atoms with Gasteiger partial charge in [0.25, 0.3) is 0 Å². The topological polar surface area (TPSA) is 50.7 Å². The van der Waals surface area contributed by atoms with E-state index in [1.807, 2.05) is 6.92 Å². The fourth-order valence-corrected chi connectivity index (χ4v) is 0.776. The molecular weight excluding hydrogens is 150 g/mol. The zero-order valence-electron chi connectivity index (χ0n) is 7.83. The molecule has 0 spiro atoms. The molecule has 0 aliphatic heterocycles. The summed E-state index contributed by atoms with van der Waals surface area (Å²) >= 11 is 0. The van der Waals surface area contributed by atoms with Crippen LogP contribution in [-0.2, 0) is 0 Å². The highest BCUT2D eigenvalue weighted by molar-refractivity contribution is 5.84. The van der Waals surface area contributed by atoms with E-state index >= 15 is 0 Å². The highest BCUT2D eigenvalue weighted by Crippen LogP contribution is 1.98. The van der Waals surface area contributed by atoms with E-state index in [1.54, 1.807) is 6.21 Å². The van der Waals surface area contributed by atoms with Crippen molar-refractivity contribution in [1.82, 2.24) is 0 Å². The lowest BCUT2D eigenvalue weighted by molar-refractivity contribution is 0.813. The maximum atomic E-state index is 4.87. The number of hydrogen-bond donors (Lipinski definition) is 1. The predicted octanol–water partition coefficient (Wildman–Crippen LogP) is 2.10. The number of hydrogen-bond acceptors (Lipinski definition) is 2. The summed E-state index contributed by atoms with van der Waals surface area (Å²) in [7, 11) is 0. The van der Waals surface area contributed by atoms with Crippen LogP contribution in [0, 0.1) is 0 Å². The van der Waals surface area contributed by atoms with Crippen LogP contribution >= 0.6 is 0 Å². The summed E-state index contributed by atoms with van der Waals surface area (Å²) in [5.74, 6) is 4.87. The molecule has 0 saturated carbocycles. The van der Waals surface area contributed by atoms with E-state index in [1.165, 1.54) is 19.2 Å². The molecule has 0 unspecified atom stereocenters. The Labute approximate surface area is 74.1 Å². The SMILES string of the molecule is CCCC/C=C(C)/C=N/C=N\N. The van der Waals surface area contributed by atoms with Crippen molar-refractivity contribution >= 4 is 12.6 Å². The van der Waals surface area contributed by atoms with Crippen molar-refractivity contribution in [1.29, 1.82) is 0 Å². The van der Waals surface area contributed by atoms with Crippen molar-refractivity contribution in [3.05, 3.63) is 11.6 Å². The third kappa shape index (κ3) is 6.99. The summed E-state index contributed by atoms with van der Waals surface area (Å²) in [6.07, 6.45) is 8.83. The van der Waals surface area contributed by atoms with Gasteiger partial charge in [-0.3, -0.25) is 0 Å². The van der Waals surface area contributed by atoms with E-state index in [4.69, 9.17) is 5.84 Å². The number of nitrogens with two attached hydrogens (primary N) is 1. The van der Waals surface area contributed by atoms with Crippen LogP contribution in [0.5, 0.6) is 0 Å². The van der Waals surface area contributed by atoms with Gasteiger partial charge < -0.3 is 5.84 Å². The molecule has 0 atom stereocenters. The lowest BCUT2D eigenvalue weighted by Crippen LogP contribution is -1.82. The first-order valence-electron chi connectivity index (χ1n) is 4.23. The highest BCUT2D eigenvalue weighted by atomic mass is 15.1. The summed E-state index contributed by atoms with van der Waals surface area (Å²) in [5.41, 5.74) is 1.16. The molecule has 0 aromatic rings. The number of hydrazone groups is 1. The summed E-state index contributed by atoms with van der Waals surface area (Å²) < 4.78 is 0. The van der Waals surface area contributed by atoms with E-state index in [-0.39, 0.29) is 0 Å².